The molecule has 0 unspecified atom stereocenters. The van der Waals surface area contributed by atoms with Crippen LogP contribution in [-0.2, 0) is 4.74 Å². The maximum Gasteiger partial charge on any atom is 0.378 e. The number of esters is 1. The first-order valence-electron chi connectivity index (χ1n) is 7.78. The van der Waals surface area contributed by atoms with Crippen LogP contribution in [0, 0.1) is 6.92 Å². The molecule has 0 saturated heterocycles. The number of amides is 1. The van der Waals surface area contributed by atoms with Gasteiger partial charge >= 0.3 is 5.97 Å². The van der Waals surface area contributed by atoms with Crippen LogP contribution < -0.4 is 5.32 Å². The maximum atomic E-state index is 11.7. The highest BCUT2D eigenvalue weighted by atomic mass is 16.5. The quantitative estimate of drug-likeness (QED) is 0.658. The lowest BCUT2D eigenvalue weighted by Gasteiger charge is -2.02. The Morgan fingerprint density at radius 2 is 1.78 bits per heavy atom. The average Bonchev–Trinajstić information content (AvgIpc) is 2.70. The minimum atomic E-state index is -0.541. The number of carbonyl (C=O) groups is 2. The lowest BCUT2D eigenvalue weighted by molar-refractivity contribution is 0.0510. The summed E-state index contributed by atoms with van der Waals surface area (Å²) in [6.07, 6.45) is 7.45. The van der Waals surface area contributed by atoms with Gasteiger partial charge in [-0.2, -0.15) is 10.2 Å². The number of hydrogen-bond acceptors (Lipinski definition) is 10. The van der Waals surface area contributed by atoms with Crippen molar-refractivity contribution in [2.45, 2.75) is 13.8 Å². The Balaban J connectivity index is 0.000000208. The van der Waals surface area contributed by atoms with E-state index in [9.17, 15) is 9.59 Å². The third-order valence-electron chi connectivity index (χ3n) is 2.76. The molecule has 0 bridgehead atoms. The van der Waals surface area contributed by atoms with Gasteiger partial charge in [-0.25, -0.2) is 14.8 Å². The molecule has 0 aromatic carbocycles. The third-order valence-corrected chi connectivity index (χ3v) is 2.76. The number of ether oxygens (including phenoxy) is 1. The molecular formula is C16H16N8O3. The molecule has 1 amide bonds. The molecule has 0 saturated carbocycles. The predicted octanol–water partition coefficient (Wildman–Crippen LogP) is 0.876. The number of pyridine rings is 1. The normalized spacial score (nSPS) is 9.56. The van der Waals surface area contributed by atoms with Gasteiger partial charge in [0.05, 0.1) is 24.7 Å². The molecule has 27 heavy (non-hydrogen) atoms. The van der Waals surface area contributed by atoms with Crippen molar-refractivity contribution in [3.05, 3.63) is 60.5 Å². The van der Waals surface area contributed by atoms with Gasteiger partial charge in [-0.1, -0.05) is 0 Å². The first-order chi connectivity index (χ1) is 13.1. The van der Waals surface area contributed by atoms with E-state index in [1.165, 1.54) is 18.6 Å². The van der Waals surface area contributed by atoms with Crippen molar-refractivity contribution < 1.29 is 14.3 Å². The number of nitrogens with zero attached hydrogens (tertiary/aromatic N) is 7. The van der Waals surface area contributed by atoms with E-state index in [1.54, 1.807) is 38.4 Å². The zero-order chi connectivity index (χ0) is 19.5. The standard InChI is InChI=1S/C10H9N5O.C6H7N3O2/c1-7-6-12-15-9(13-7)10(16)14-8-2-4-11-5-3-8;1-2-11-6(10)5-7-3-4-8-9-5/h2-6H,1H3,(H,11,14,16);3-4H,2H2,1H3. The highest BCUT2D eigenvalue weighted by Gasteiger charge is 2.10. The fourth-order valence-electron chi connectivity index (χ4n) is 1.64. The Labute approximate surface area is 154 Å². The van der Waals surface area contributed by atoms with Crippen LogP contribution in [0.4, 0.5) is 5.69 Å². The van der Waals surface area contributed by atoms with E-state index >= 15 is 0 Å². The SMILES string of the molecule is CCOC(=O)c1nccnn1.Cc1cnnc(C(=O)Nc2ccncc2)n1. The molecule has 11 nitrogen and oxygen atoms in total. The summed E-state index contributed by atoms with van der Waals surface area (Å²) >= 11 is 0. The number of anilines is 1. The molecule has 0 atom stereocenters. The number of aromatic nitrogens is 7. The number of aryl methyl sites for hydroxylation is 1. The van der Waals surface area contributed by atoms with Crippen LogP contribution in [-0.4, -0.2) is 53.8 Å². The molecule has 0 aliphatic rings. The lowest BCUT2D eigenvalue weighted by Crippen LogP contribution is -2.16. The van der Waals surface area contributed by atoms with Gasteiger partial charge in [0, 0.05) is 24.3 Å². The molecule has 3 aromatic heterocycles. The lowest BCUT2D eigenvalue weighted by atomic mass is 10.4. The Bertz CT molecular complexity index is 877. The van der Waals surface area contributed by atoms with E-state index < -0.39 is 5.97 Å². The number of rotatable bonds is 4. The minimum absolute atomic E-state index is 0.00523. The molecule has 3 rings (SSSR count). The van der Waals surface area contributed by atoms with Crippen molar-refractivity contribution in [3.8, 4) is 0 Å². The van der Waals surface area contributed by atoms with Crippen LogP contribution in [0.5, 0.6) is 0 Å². The second kappa shape index (κ2) is 10.2. The summed E-state index contributed by atoms with van der Waals surface area (Å²) in [5.41, 5.74) is 1.29. The van der Waals surface area contributed by atoms with E-state index in [0.717, 1.165) is 0 Å². The van der Waals surface area contributed by atoms with Gasteiger partial charge in [-0.05, 0) is 26.0 Å². The number of nitrogens with one attached hydrogen (secondary N) is 1. The van der Waals surface area contributed by atoms with Gasteiger partial charge in [0.25, 0.3) is 11.7 Å². The maximum absolute atomic E-state index is 11.7. The number of hydrogen-bond donors (Lipinski definition) is 1. The topological polar surface area (TPSA) is 146 Å². The van der Waals surface area contributed by atoms with E-state index in [2.05, 4.69) is 45.4 Å². The van der Waals surface area contributed by atoms with Crippen LogP contribution in [0.15, 0.2) is 43.1 Å². The molecule has 3 aromatic rings. The fraction of sp³-hybridized carbons (Fsp3) is 0.188. The molecule has 0 radical (unpaired) electrons. The first kappa shape index (κ1) is 19.4. The van der Waals surface area contributed by atoms with Crippen LogP contribution in [0.25, 0.3) is 0 Å². The molecule has 0 aliphatic heterocycles. The van der Waals surface area contributed by atoms with Crippen LogP contribution in [0.3, 0.4) is 0 Å². The molecule has 3 heterocycles. The zero-order valence-corrected chi connectivity index (χ0v) is 14.6. The van der Waals surface area contributed by atoms with Gasteiger partial charge in [0.2, 0.25) is 5.82 Å². The largest absolute Gasteiger partial charge is 0.460 e. The van der Waals surface area contributed by atoms with Gasteiger partial charge < -0.3 is 10.1 Å². The summed E-state index contributed by atoms with van der Waals surface area (Å²) in [5, 5.41) is 16.9. The van der Waals surface area contributed by atoms with Gasteiger partial charge in [0.1, 0.15) is 0 Å². The summed E-state index contributed by atoms with van der Waals surface area (Å²) in [4.78, 5) is 34.0. The van der Waals surface area contributed by atoms with Crippen LogP contribution >= 0.6 is 0 Å². The van der Waals surface area contributed by atoms with E-state index in [0.29, 0.717) is 18.0 Å². The second-order valence-corrected chi connectivity index (χ2v) is 4.80. The van der Waals surface area contributed by atoms with Crippen molar-refractivity contribution in [1.82, 2.24) is 35.3 Å². The van der Waals surface area contributed by atoms with E-state index in [1.807, 2.05) is 0 Å². The van der Waals surface area contributed by atoms with Crippen molar-refractivity contribution in [3.63, 3.8) is 0 Å². The molecule has 0 spiro atoms. The van der Waals surface area contributed by atoms with Gasteiger partial charge in [-0.15, -0.1) is 10.2 Å². The monoisotopic (exact) mass is 368 g/mol. The Kier molecular flexibility index (Phi) is 7.33. The zero-order valence-electron chi connectivity index (χ0n) is 14.6. The Morgan fingerprint density at radius 1 is 1.04 bits per heavy atom. The highest BCUT2D eigenvalue weighted by molar-refractivity contribution is 6.01. The van der Waals surface area contributed by atoms with Crippen molar-refractivity contribution >= 4 is 17.6 Å². The van der Waals surface area contributed by atoms with Crippen LogP contribution in [0.1, 0.15) is 33.9 Å². The summed E-state index contributed by atoms with van der Waals surface area (Å²) < 4.78 is 4.62. The van der Waals surface area contributed by atoms with Crippen molar-refractivity contribution in [2.24, 2.45) is 0 Å². The smallest absolute Gasteiger partial charge is 0.378 e. The van der Waals surface area contributed by atoms with Gasteiger partial charge in [0.15, 0.2) is 0 Å². The summed E-state index contributed by atoms with van der Waals surface area (Å²) in [5.74, 6) is -0.880. The second-order valence-electron chi connectivity index (χ2n) is 4.80. The minimum Gasteiger partial charge on any atom is -0.460 e. The summed E-state index contributed by atoms with van der Waals surface area (Å²) in [6.45, 7) is 3.78. The Morgan fingerprint density at radius 3 is 2.41 bits per heavy atom. The predicted molar refractivity (Wildman–Crippen MR) is 92.5 cm³/mol. The van der Waals surface area contributed by atoms with E-state index in [-0.39, 0.29) is 17.6 Å². The van der Waals surface area contributed by atoms with Crippen LogP contribution in [0.2, 0.25) is 0 Å². The van der Waals surface area contributed by atoms with Gasteiger partial charge in [-0.3, -0.25) is 9.78 Å². The summed E-state index contributed by atoms with van der Waals surface area (Å²) in [6, 6.07) is 3.36. The Hall–Kier alpha value is -3.89. The number of carbonyl (C=O) groups excluding carboxylic acids is 2. The molecule has 11 heteroatoms. The average molecular weight is 368 g/mol. The molecule has 0 fully saturated rings. The molecular weight excluding hydrogens is 352 g/mol. The van der Waals surface area contributed by atoms with Crippen molar-refractivity contribution in [2.75, 3.05) is 11.9 Å². The van der Waals surface area contributed by atoms with E-state index in [4.69, 9.17) is 0 Å². The van der Waals surface area contributed by atoms with Crippen molar-refractivity contribution in [1.29, 1.82) is 0 Å². The highest BCUT2D eigenvalue weighted by Crippen LogP contribution is 2.04. The third kappa shape index (κ3) is 6.49. The first-order valence-corrected chi connectivity index (χ1v) is 7.78. The molecule has 138 valence electrons. The summed E-state index contributed by atoms with van der Waals surface area (Å²) in [7, 11) is 0. The fourth-order valence-corrected chi connectivity index (χ4v) is 1.64. The molecule has 0 aliphatic carbocycles. The molecule has 1 N–H and O–H groups in total.